The first-order chi connectivity index (χ1) is 12.3. The largest absolute Gasteiger partial charge is 0.461 e. The Kier molecular flexibility index (Phi) is 4.90. The van der Waals surface area contributed by atoms with Crippen LogP contribution in [-0.4, -0.2) is 41.6 Å². The number of hydrogen-bond acceptors (Lipinski definition) is 5. The Bertz CT molecular complexity index is 963. The molecular formula is C18H23N3O4S. The number of fused-ring (bicyclic) bond motifs is 1. The number of carbonyl (C=O) groups is 1. The first kappa shape index (κ1) is 18.6. The molecule has 0 spiro atoms. The van der Waals surface area contributed by atoms with E-state index in [2.05, 4.69) is 5.10 Å². The quantitative estimate of drug-likeness (QED) is 0.761. The number of hydrogen-bond donors (Lipinski definition) is 0. The van der Waals surface area contributed by atoms with E-state index in [0.717, 1.165) is 11.3 Å². The maximum absolute atomic E-state index is 13.1. The molecule has 1 aliphatic rings. The molecule has 140 valence electrons. The predicted molar refractivity (Wildman–Crippen MR) is 96.4 cm³/mol. The summed E-state index contributed by atoms with van der Waals surface area (Å²) in [6.45, 7) is 6.16. The van der Waals surface area contributed by atoms with Crippen molar-refractivity contribution in [3.05, 3.63) is 46.3 Å². The standard InChI is InChI=1S/C18H23N3O4S/c1-5-25-18(22)17-14-11-21(9-8-15(14)19-20(17)4)26(23,24)16-7-6-12(2)10-13(16)3/h6-7,10H,5,8-9,11H2,1-4H3. The van der Waals surface area contributed by atoms with E-state index in [4.69, 9.17) is 4.74 Å². The van der Waals surface area contributed by atoms with Gasteiger partial charge in [-0.05, 0) is 32.4 Å². The number of benzene rings is 1. The van der Waals surface area contributed by atoms with Crippen LogP contribution in [0.15, 0.2) is 23.1 Å². The molecule has 7 nitrogen and oxygen atoms in total. The highest BCUT2D eigenvalue weighted by Crippen LogP contribution is 2.28. The highest BCUT2D eigenvalue weighted by molar-refractivity contribution is 7.89. The summed E-state index contributed by atoms with van der Waals surface area (Å²) < 4.78 is 34.3. The maximum Gasteiger partial charge on any atom is 0.356 e. The van der Waals surface area contributed by atoms with Gasteiger partial charge in [0.05, 0.1) is 17.2 Å². The fourth-order valence-electron chi connectivity index (χ4n) is 3.36. The van der Waals surface area contributed by atoms with Crippen molar-refractivity contribution >= 4 is 16.0 Å². The van der Waals surface area contributed by atoms with Crippen LogP contribution in [0.1, 0.15) is 39.8 Å². The van der Waals surface area contributed by atoms with Crippen molar-refractivity contribution in [2.45, 2.75) is 38.6 Å². The zero-order valence-corrected chi connectivity index (χ0v) is 16.3. The summed E-state index contributed by atoms with van der Waals surface area (Å²) in [7, 11) is -1.98. The number of aromatic nitrogens is 2. The molecule has 3 rings (SSSR count). The van der Waals surface area contributed by atoms with E-state index in [0.29, 0.717) is 34.7 Å². The molecule has 2 heterocycles. The topological polar surface area (TPSA) is 81.5 Å². The fourth-order valence-corrected chi connectivity index (χ4v) is 4.98. The molecule has 1 aromatic carbocycles. The Labute approximate surface area is 153 Å². The number of sulfonamides is 1. The fraction of sp³-hybridized carbons (Fsp3) is 0.444. The van der Waals surface area contributed by atoms with E-state index in [-0.39, 0.29) is 13.2 Å². The Morgan fingerprint density at radius 2 is 2.04 bits per heavy atom. The average Bonchev–Trinajstić information content (AvgIpc) is 2.89. The highest BCUT2D eigenvalue weighted by atomic mass is 32.2. The highest BCUT2D eigenvalue weighted by Gasteiger charge is 2.34. The van der Waals surface area contributed by atoms with E-state index >= 15 is 0 Å². The van der Waals surface area contributed by atoms with Crippen molar-refractivity contribution in [2.24, 2.45) is 7.05 Å². The van der Waals surface area contributed by atoms with Gasteiger partial charge in [-0.3, -0.25) is 4.68 Å². The third-order valence-corrected chi connectivity index (χ3v) is 6.58. The second kappa shape index (κ2) is 6.85. The molecule has 8 heteroatoms. The molecule has 0 amide bonds. The van der Waals surface area contributed by atoms with E-state index in [9.17, 15) is 13.2 Å². The second-order valence-corrected chi connectivity index (χ2v) is 8.38. The van der Waals surface area contributed by atoms with Crippen molar-refractivity contribution in [3.8, 4) is 0 Å². The summed E-state index contributed by atoms with van der Waals surface area (Å²) >= 11 is 0. The lowest BCUT2D eigenvalue weighted by Crippen LogP contribution is -2.36. The van der Waals surface area contributed by atoms with E-state index < -0.39 is 16.0 Å². The number of rotatable bonds is 4. The minimum absolute atomic E-state index is 0.118. The van der Waals surface area contributed by atoms with Crippen LogP contribution < -0.4 is 0 Å². The lowest BCUT2D eigenvalue weighted by Gasteiger charge is -2.26. The smallest absolute Gasteiger partial charge is 0.356 e. The Hall–Kier alpha value is -2.19. The van der Waals surface area contributed by atoms with Gasteiger partial charge >= 0.3 is 5.97 Å². The molecule has 26 heavy (non-hydrogen) atoms. The molecule has 0 aliphatic carbocycles. The summed E-state index contributed by atoms with van der Waals surface area (Å²) in [5, 5.41) is 4.37. The molecule has 1 aliphatic heterocycles. The van der Waals surface area contributed by atoms with E-state index in [1.807, 2.05) is 13.0 Å². The maximum atomic E-state index is 13.1. The monoisotopic (exact) mass is 377 g/mol. The molecule has 0 saturated heterocycles. The zero-order chi connectivity index (χ0) is 19.1. The van der Waals surface area contributed by atoms with Crippen LogP contribution in [0.5, 0.6) is 0 Å². The van der Waals surface area contributed by atoms with Crippen LogP contribution in [0.4, 0.5) is 0 Å². The van der Waals surface area contributed by atoms with Crippen LogP contribution in [0.25, 0.3) is 0 Å². The van der Waals surface area contributed by atoms with Gasteiger partial charge in [0.15, 0.2) is 5.69 Å². The van der Waals surface area contributed by atoms with Gasteiger partial charge < -0.3 is 4.74 Å². The second-order valence-electron chi connectivity index (χ2n) is 6.48. The summed E-state index contributed by atoms with van der Waals surface area (Å²) in [5.74, 6) is -0.477. The molecule has 0 N–H and O–H groups in total. The lowest BCUT2D eigenvalue weighted by molar-refractivity contribution is 0.0511. The summed E-state index contributed by atoms with van der Waals surface area (Å²) in [6, 6.07) is 5.30. The molecule has 0 atom stereocenters. The van der Waals surface area contributed by atoms with Crippen LogP contribution in [0.2, 0.25) is 0 Å². The SMILES string of the molecule is CCOC(=O)c1c2c(nn1C)CCN(S(=O)(=O)c1ccc(C)cc1C)C2. The zero-order valence-electron chi connectivity index (χ0n) is 15.4. The van der Waals surface area contributed by atoms with Crippen LogP contribution in [0.3, 0.4) is 0 Å². The van der Waals surface area contributed by atoms with E-state index in [1.165, 1.54) is 8.99 Å². The third-order valence-electron chi connectivity index (χ3n) is 4.58. The molecule has 0 saturated carbocycles. The normalized spacial score (nSPS) is 14.9. The van der Waals surface area contributed by atoms with Gasteiger partial charge in [-0.2, -0.15) is 9.40 Å². The average molecular weight is 377 g/mol. The molecule has 0 radical (unpaired) electrons. The van der Waals surface area contributed by atoms with Gasteiger partial charge in [0, 0.05) is 32.1 Å². The molecular weight excluding hydrogens is 354 g/mol. The minimum Gasteiger partial charge on any atom is -0.461 e. The molecule has 1 aromatic heterocycles. The first-order valence-corrected chi connectivity index (χ1v) is 9.99. The molecule has 2 aromatic rings. The number of esters is 1. The van der Waals surface area contributed by atoms with Gasteiger partial charge in [-0.15, -0.1) is 0 Å². The van der Waals surface area contributed by atoms with Crippen molar-refractivity contribution in [1.29, 1.82) is 0 Å². The summed E-state index contributed by atoms with van der Waals surface area (Å²) in [5.41, 5.74) is 3.43. The van der Waals surface area contributed by atoms with Gasteiger partial charge in [0.1, 0.15) is 0 Å². The van der Waals surface area contributed by atoms with Gasteiger partial charge in [-0.1, -0.05) is 17.7 Å². The van der Waals surface area contributed by atoms with Gasteiger partial charge in [-0.25, -0.2) is 13.2 Å². The van der Waals surface area contributed by atoms with Crippen molar-refractivity contribution in [2.75, 3.05) is 13.2 Å². The lowest BCUT2D eigenvalue weighted by atomic mass is 10.1. The number of ether oxygens (including phenoxy) is 1. The van der Waals surface area contributed by atoms with Crippen molar-refractivity contribution in [3.63, 3.8) is 0 Å². The Morgan fingerprint density at radius 1 is 1.31 bits per heavy atom. The van der Waals surface area contributed by atoms with Crippen LogP contribution >= 0.6 is 0 Å². The first-order valence-electron chi connectivity index (χ1n) is 8.55. The third kappa shape index (κ3) is 3.14. The van der Waals surface area contributed by atoms with Crippen molar-refractivity contribution < 1.29 is 17.9 Å². The predicted octanol–water partition coefficient (Wildman–Crippen LogP) is 1.96. The van der Waals surface area contributed by atoms with E-state index in [1.54, 1.807) is 33.0 Å². The van der Waals surface area contributed by atoms with Gasteiger partial charge in [0.2, 0.25) is 10.0 Å². The number of carbonyl (C=O) groups excluding carboxylic acids is 1. The summed E-state index contributed by atoms with van der Waals surface area (Å²) in [4.78, 5) is 12.6. The summed E-state index contributed by atoms with van der Waals surface area (Å²) in [6.07, 6.45) is 0.465. The molecule has 0 bridgehead atoms. The van der Waals surface area contributed by atoms with Crippen LogP contribution in [-0.2, 0) is 34.8 Å². The number of aryl methyl sites for hydroxylation is 3. The Morgan fingerprint density at radius 3 is 2.69 bits per heavy atom. The van der Waals surface area contributed by atoms with Crippen molar-refractivity contribution in [1.82, 2.24) is 14.1 Å². The molecule has 0 fully saturated rings. The number of nitrogens with zero attached hydrogens (tertiary/aromatic N) is 3. The Balaban J connectivity index is 1.98. The minimum atomic E-state index is -3.65. The van der Waals surface area contributed by atoms with Crippen LogP contribution in [0, 0.1) is 13.8 Å². The molecule has 0 unspecified atom stereocenters. The van der Waals surface area contributed by atoms with Gasteiger partial charge in [0.25, 0.3) is 0 Å².